The highest BCUT2D eigenvalue weighted by Gasteiger charge is 2.22. The van der Waals surface area contributed by atoms with Crippen LogP contribution in [0.3, 0.4) is 0 Å². The summed E-state index contributed by atoms with van der Waals surface area (Å²) >= 11 is 3.40. The van der Waals surface area contributed by atoms with Gasteiger partial charge in [-0.2, -0.15) is 5.26 Å². The van der Waals surface area contributed by atoms with Crippen LogP contribution in [0.2, 0.25) is 0 Å². The molecule has 0 aromatic heterocycles. The van der Waals surface area contributed by atoms with E-state index < -0.39 is 0 Å². The molecule has 0 bridgehead atoms. The number of urea groups is 1. The second-order valence-electron chi connectivity index (χ2n) is 4.90. The van der Waals surface area contributed by atoms with E-state index in [0.717, 1.165) is 29.6 Å². The molecule has 1 saturated heterocycles. The van der Waals surface area contributed by atoms with Gasteiger partial charge in [0.05, 0.1) is 24.3 Å². The molecule has 0 spiro atoms. The van der Waals surface area contributed by atoms with Crippen molar-refractivity contribution in [3.05, 3.63) is 28.7 Å². The van der Waals surface area contributed by atoms with Crippen LogP contribution < -0.4 is 5.32 Å². The molecule has 1 fully saturated rings. The van der Waals surface area contributed by atoms with E-state index in [2.05, 4.69) is 27.3 Å². The first-order chi connectivity index (χ1) is 10.2. The van der Waals surface area contributed by atoms with E-state index in [0.29, 0.717) is 19.5 Å². The van der Waals surface area contributed by atoms with Crippen LogP contribution >= 0.6 is 15.9 Å². The maximum Gasteiger partial charge on any atom is 0.321 e. The third-order valence-electron chi connectivity index (χ3n) is 3.34. The van der Waals surface area contributed by atoms with Gasteiger partial charge in [-0.3, -0.25) is 0 Å². The number of carbonyl (C=O) groups excluding carboxylic acids is 1. The highest BCUT2D eigenvalue weighted by atomic mass is 79.9. The first kappa shape index (κ1) is 15.8. The first-order valence-corrected chi connectivity index (χ1v) is 7.79. The predicted octanol–water partition coefficient (Wildman–Crippen LogP) is 3.38. The summed E-state index contributed by atoms with van der Waals surface area (Å²) in [7, 11) is 0. The molecule has 1 aliphatic rings. The minimum absolute atomic E-state index is 0.0775. The lowest BCUT2D eigenvalue weighted by Crippen LogP contribution is -2.40. The van der Waals surface area contributed by atoms with Gasteiger partial charge in [-0.05, 0) is 40.9 Å². The molecule has 0 saturated carbocycles. The van der Waals surface area contributed by atoms with Crippen LogP contribution in [0.25, 0.3) is 0 Å². The molecular formula is C15H18BrN3O2. The first-order valence-electron chi connectivity index (χ1n) is 6.99. The largest absolute Gasteiger partial charge is 0.376 e. The number of ether oxygens (including phenoxy) is 1. The van der Waals surface area contributed by atoms with E-state index in [9.17, 15) is 4.79 Å². The van der Waals surface area contributed by atoms with Crippen LogP contribution in [-0.2, 0) is 4.74 Å². The summed E-state index contributed by atoms with van der Waals surface area (Å²) < 4.78 is 6.40. The highest BCUT2D eigenvalue weighted by Crippen LogP contribution is 2.22. The SMILES string of the molecule is N#CCCN(CC1CCCO1)C(=O)Nc1ccccc1Br. The van der Waals surface area contributed by atoms with E-state index in [1.165, 1.54) is 0 Å². The van der Waals surface area contributed by atoms with Gasteiger partial charge in [0.2, 0.25) is 0 Å². The fourth-order valence-electron chi connectivity index (χ4n) is 2.25. The van der Waals surface area contributed by atoms with Crippen LogP contribution in [0.1, 0.15) is 19.3 Å². The minimum Gasteiger partial charge on any atom is -0.376 e. The van der Waals surface area contributed by atoms with Gasteiger partial charge < -0.3 is 15.0 Å². The number of nitrogens with zero attached hydrogens (tertiary/aromatic N) is 2. The Bertz CT molecular complexity index is 524. The molecule has 1 heterocycles. The van der Waals surface area contributed by atoms with Crippen molar-refractivity contribution >= 4 is 27.6 Å². The zero-order valence-corrected chi connectivity index (χ0v) is 13.3. The Morgan fingerprint density at radius 2 is 2.33 bits per heavy atom. The monoisotopic (exact) mass is 351 g/mol. The Labute approximate surface area is 133 Å². The smallest absolute Gasteiger partial charge is 0.321 e. The van der Waals surface area contributed by atoms with E-state index in [1.54, 1.807) is 4.90 Å². The molecule has 112 valence electrons. The fraction of sp³-hybridized carbons (Fsp3) is 0.467. The van der Waals surface area contributed by atoms with E-state index in [1.807, 2.05) is 24.3 Å². The van der Waals surface area contributed by atoms with Crippen molar-refractivity contribution in [1.29, 1.82) is 5.26 Å². The molecule has 1 atom stereocenters. The summed E-state index contributed by atoms with van der Waals surface area (Å²) in [5.74, 6) is 0. The lowest BCUT2D eigenvalue weighted by molar-refractivity contribution is 0.0841. The molecule has 0 radical (unpaired) electrons. The third kappa shape index (κ3) is 4.73. The Morgan fingerprint density at radius 1 is 1.52 bits per heavy atom. The Hall–Kier alpha value is -1.58. The predicted molar refractivity (Wildman–Crippen MR) is 83.9 cm³/mol. The molecule has 1 N–H and O–H groups in total. The number of benzene rings is 1. The van der Waals surface area contributed by atoms with Gasteiger partial charge in [-0.1, -0.05) is 12.1 Å². The number of halogens is 1. The zero-order valence-electron chi connectivity index (χ0n) is 11.7. The van der Waals surface area contributed by atoms with Gasteiger partial charge in [0, 0.05) is 24.2 Å². The molecule has 5 nitrogen and oxygen atoms in total. The maximum absolute atomic E-state index is 12.4. The number of anilines is 1. The standard InChI is InChI=1S/C15H18BrN3O2/c16-13-6-1-2-7-14(13)18-15(20)19(9-4-8-17)11-12-5-3-10-21-12/h1-2,6-7,12H,3-5,9-11H2,(H,18,20). The van der Waals surface area contributed by atoms with Crippen molar-refractivity contribution in [2.24, 2.45) is 0 Å². The third-order valence-corrected chi connectivity index (χ3v) is 4.04. The maximum atomic E-state index is 12.4. The average Bonchev–Trinajstić information content (AvgIpc) is 2.98. The number of hydrogen-bond donors (Lipinski definition) is 1. The average molecular weight is 352 g/mol. The van der Waals surface area contributed by atoms with Gasteiger partial charge in [0.25, 0.3) is 0 Å². The summed E-state index contributed by atoms with van der Waals surface area (Å²) in [5.41, 5.74) is 0.719. The number of hydrogen-bond acceptors (Lipinski definition) is 3. The van der Waals surface area contributed by atoms with Crippen LogP contribution in [0, 0.1) is 11.3 Å². The number of para-hydroxylation sites is 1. The lowest BCUT2D eigenvalue weighted by Gasteiger charge is -2.25. The number of amides is 2. The molecule has 1 unspecified atom stereocenters. The summed E-state index contributed by atoms with van der Waals surface area (Å²) in [6, 6.07) is 9.33. The van der Waals surface area contributed by atoms with Crippen LogP contribution in [0.5, 0.6) is 0 Å². The number of nitrogens with one attached hydrogen (secondary N) is 1. The Balaban J connectivity index is 1.99. The van der Waals surface area contributed by atoms with Gasteiger partial charge in [0.1, 0.15) is 0 Å². The van der Waals surface area contributed by atoms with Crippen molar-refractivity contribution in [3.63, 3.8) is 0 Å². The molecular weight excluding hydrogens is 334 g/mol. The summed E-state index contributed by atoms with van der Waals surface area (Å²) in [6.45, 7) is 1.69. The van der Waals surface area contributed by atoms with Gasteiger partial charge in [-0.25, -0.2) is 4.79 Å². The van der Waals surface area contributed by atoms with Crippen molar-refractivity contribution in [3.8, 4) is 6.07 Å². The molecule has 1 aromatic carbocycles. The van der Waals surface area contributed by atoms with E-state index in [4.69, 9.17) is 10.00 Å². The summed E-state index contributed by atoms with van der Waals surface area (Å²) in [6.07, 6.45) is 2.39. The highest BCUT2D eigenvalue weighted by molar-refractivity contribution is 9.10. The van der Waals surface area contributed by atoms with Crippen LogP contribution in [0.4, 0.5) is 10.5 Å². The van der Waals surface area contributed by atoms with Crippen molar-refractivity contribution in [1.82, 2.24) is 4.90 Å². The molecule has 1 aromatic rings. The molecule has 1 aliphatic heterocycles. The normalized spacial score (nSPS) is 17.2. The van der Waals surface area contributed by atoms with E-state index in [-0.39, 0.29) is 12.1 Å². The quantitative estimate of drug-likeness (QED) is 0.884. The number of carbonyl (C=O) groups is 1. The van der Waals surface area contributed by atoms with Gasteiger partial charge in [-0.15, -0.1) is 0 Å². The second kappa shape index (κ2) is 8.01. The number of nitriles is 1. The zero-order chi connectivity index (χ0) is 15.1. The Morgan fingerprint density at radius 3 is 3.00 bits per heavy atom. The second-order valence-corrected chi connectivity index (χ2v) is 5.75. The molecule has 2 rings (SSSR count). The van der Waals surface area contributed by atoms with Crippen molar-refractivity contribution in [2.75, 3.05) is 25.0 Å². The summed E-state index contributed by atoms with van der Waals surface area (Å²) in [4.78, 5) is 14.0. The summed E-state index contributed by atoms with van der Waals surface area (Å²) in [5, 5.41) is 11.6. The molecule has 0 aliphatic carbocycles. The molecule has 6 heteroatoms. The molecule has 21 heavy (non-hydrogen) atoms. The van der Waals surface area contributed by atoms with Crippen molar-refractivity contribution < 1.29 is 9.53 Å². The Kier molecular flexibility index (Phi) is 6.03. The van der Waals surface area contributed by atoms with Crippen LogP contribution in [0.15, 0.2) is 28.7 Å². The lowest BCUT2D eigenvalue weighted by atomic mass is 10.2. The van der Waals surface area contributed by atoms with Gasteiger partial charge in [0.15, 0.2) is 0 Å². The van der Waals surface area contributed by atoms with Crippen LogP contribution in [-0.4, -0.2) is 36.7 Å². The van der Waals surface area contributed by atoms with Crippen molar-refractivity contribution in [2.45, 2.75) is 25.4 Å². The molecule has 2 amide bonds. The van der Waals surface area contributed by atoms with Gasteiger partial charge >= 0.3 is 6.03 Å². The minimum atomic E-state index is -0.201. The fourth-order valence-corrected chi connectivity index (χ4v) is 2.64. The van der Waals surface area contributed by atoms with E-state index >= 15 is 0 Å². The number of rotatable bonds is 5. The topological polar surface area (TPSA) is 65.4 Å².